The Hall–Kier alpha value is -4.47. The van der Waals surface area contributed by atoms with E-state index in [9.17, 15) is 24.0 Å². The zero-order valence-corrected chi connectivity index (χ0v) is 27.5. The van der Waals surface area contributed by atoms with E-state index in [1.165, 1.54) is 11.9 Å². The summed E-state index contributed by atoms with van der Waals surface area (Å²) in [5.41, 5.74) is -2.60. The van der Waals surface area contributed by atoms with Crippen molar-refractivity contribution in [2.45, 2.75) is 84.7 Å². The first-order valence-corrected chi connectivity index (χ1v) is 15.6. The molecule has 2 aromatic rings. The second-order valence-corrected chi connectivity index (χ2v) is 13.4. The first-order valence-electron chi connectivity index (χ1n) is 15.6. The highest BCUT2D eigenvalue weighted by Crippen LogP contribution is 2.43. The van der Waals surface area contributed by atoms with Gasteiger partial charge in [0.05, 0.1) is 12.5 Å². The molecule has 0 unspecified atom stereocenters. The molecule has 3 amide bonds. The van der Waals surface area contributed by atoms with E-state index in [2.05, 4.69) is 0 Å². The number of hydrogen-bond donors (Lipinski definition) is 0. The zero-order chi connectivity index (χ0) is 33.7. The summed E-state index contributed by atoms with van der Waals surface area (Å²) in [5.74, 6) is -5.11. The number of benzene rings is 2. The molecule has 1 aliphatic heterocycles. The van der Waals surface area contributed by atoms with Gasteiger partial charge in [0, 0.05) is 7.05 Å². The van der Waals surface area contributed by atoms with Crippen LogP contribution in [0.4, 0.5) is 4.79 Å². The molecule has 10 heteroatoms. The molecule has 0 saturated carbocycles. The van der Waals surface area contributed by atoms with Gasteiger partial charge in [0.25, 0.3) is 5.91 Å². The fourth-order valence-corrected chi connectivity index (χ4v) is 5.67. The normalized spacial score (nSPS) is 18.1. The lowest BCUT2D eigenvalue weighted by atomic mass is 9.71. The Bertz CT molecular complexity index is 1480. The standard InChI is InChI=1S/C36H44N2O8/c1-34(2,3)46-32(42)36(31(41)45-23-27-19-11-8-12-20-27,24-38-30(40)35(4,5)37(6)33(38)43)28(21-25-15-13-14-16-25)29(39)44-22-26-17-9-7-10-18-26/h7-12,15,17-20,28H,13-14,16,21-24H2,1-6H3/t28-,36+/m0/s1. The minimum absolute atomic E-state index is 0.0250. The van der Waals surface area contributed by atoms with E-state index in [0.717, 1.165) is 23.3 Å². The minimum Gasteiger partial charge on any atom is -0.461 e. The van der Waals surface area contributed by atoms with Gasteiger partial charge in [-0.25, -0.2) is 4.79 Å². The van der Waals surface area contributed by atoms with Crippen LogP contribution in [-0.2, 0) is 46.6 Å². The van der Waals surface area contributed by atoms with Crippen molar-refractivity contribution >= 4 is 29.8 Å². The summed E-state index contributed by atoms with van der Waals surface area (Å²) < 4.78 is 17.5. The Kier molecular flexibility index (Phi) is 10.4. The smallest absolute Gasteiger partial charge is 0.327 e. The lowest BCUT2D eigenvalue weighted by Crippen LogP contribution is -2.59. The molecule has 2 aliphatic rings. The predicted octanol–water partition coefficient (Wildman–Crippen LogP) is 5.59. The average molecular weight is 633 g/mol. The molecule has 4 rings (SSSR count). The topological polar surface area (TPSA) is 120 Å². The van der Waals surface area contributed by atoms with Crippen molar-refractivity contribution in [3.8, 4) is 0 Å². The van der Waals surface area contributed by atoms with Gasteiger partial charge in [-0.2, -0.15) is 0 Å². The van der Waals surface area contributed by atoms with Gasteiger partial charge in [0.2, 0.25) is 0 Å². The number of esters is 3. The molecule has 0 radical (unpaired) electrons. The fraction of sp³-hybridized carbons (Fsp3) is 0.472. The molecule has 1 fully saturated rings. The van der Waals surface area contributed by atoms with E-state index >= 15 is 0 Å². The molecule has 0 spiro atoms. The molecule has 1 aliphatic carbocycles. The maximum absolute atomic E-state index is 14.6. The van der Waals surface area contributed by atoms with Crippen molar-refractivity contribution in [3.63, 3.8) is 0 Å². The van der Waals surface area contributed by atoms with Crippen molar-refractivity contribution in [1.82, 2.24) is 9.80 Å². The van der Waals surface area contributed by atoms with Crippen molar-refractivity contribution in [2.24, 2.45) is 11.3 Å². The van der Waals surface area contributed by atoms with Crippen LogP contribution in [0.2, 0.25) is 0 Å². The molecule has 2 aromatic carbocycles. The molecule has 0 bridgehead atoms. The van der Waals surface area contributed by atoms with Crippen LogP contribution in [0.15, 0.2) is 72.3 Å². The van der Waals surface area contributed by atoms with Gasteiger partial charge in [-0.05, 0) is 71.4 Å². The second kappa shape index (κ2) is 13.9. The molecule has 246 valence electrons. The van der Waals surface area contributed by atoms with E-state index in [1.54, 1.807) is 83.1 Å². The number of nitrogens with zero attached hydrogens (tertiary/aromatic N) is 2. The molecular weight excluding hydrogens is 588 g/mol. The lowest BCUT2D eigenvalue weighted by molar-refractivity contribution is -0.192. The van der Waals surface area contributed by atoms with E-state index in [0.29, 0.717) is 17.5 Å². The van der Waals surface area contributed by atoms with E-state index < -0.39 is 58.9 Å². The summed E-state index contributed by atoms with van der Waals surface area (Å²) in [5, 5.41) is 0. The molecule has 2 atom stereocenters. The lowest BCUT2D eigenvalue weighted by Gasteiger charge is -2.39. The average Bonchev–Trinajstić information content (AvgIpc) is 3.59. The first-order chi connectivity index (χ1) is 21.7. The summed E-state index contributed by atoms with van der Waals surface area (Å²) in [6.45, 7) is 6.96. The van der Waals surface area contributed by atoms with Crippen LogP contribution in [0.25, 0.3) is 0 Å². The third-order valence-electron chi connectivity index (χ3n) is 8.58. The van der Waals surface area contributed by atoms with Gasteiger partial charge >= 0.3 is 23.9 Å². The van der Waals surface area contributed by atoms with Crippen LogP contribution < -0.4 is 0 Å². The van der Waals surface area contributed by atoms with Crippen LogP contribution in [0.5, 0.6) is 0 Å². The van der Waals surface area contributed by atoms with E-state index in [1.807, 2.05) is 18.2 Å². The number of carbonyl (C=O) groups is 5. The summed E-state index contributed by atoms with van der Waals surface area (Å²) in [6.07, 6.45) is 4.24. The third kappa shape index (κ3) is 7.49. The number of carbonyl (C=O) groups excluding carboxylic acids is 5. The largest absolute Gasteiger partial charge is 0.461 e. The van der Waals surface area contributed by atoms with E-state index in [-0.39, 0.29) is 19.6 Å². The van der Waals surface area contributed by atoms with E-state index in [4.69, 9.17) is 14.2 Å². The molecule has 46 heavy (non-hydrogen) atoms. The monoisotopic (exact) mass is 632 g/mol. The number of imide groups is 1. The number of likely N-dealkylation sites (N-methyl/N-ethyl adjacent to an activating group) is 1. The highest BCUT2D eigenvalue weighted by atomic mass is 16.6. The van der Waals surface area contributed by atoms with Gasteiger partial charge in [-0.1, -0.05) is 72.3 Å². The maximum Gasteiger partial charge on any atom is 0.327 e. The van der Waals surface area contributed by atoms with Crippen LogP contribution in [0, 0.1) is 11.3 Å². The second-order valence-electron chi connectivity index (χ2n) is 13.4. The van der Waals surface area contributed by atoms with Crippen LogP contribution in [0.3, 0.4) is 0 Å². The van der Waals surface area contributed by atoms with Gasteiger partial charge in [-0.15, -0.1) is 0 Å². The van der Waals surface area contributed by atoms with Crippen molar-refractivity contribution in [1.29, 1.82) is 0 Å². The Morgan fingerprint density at radius 1 is 0.870 bits per heavy atom. The summed E-state index contributed by atoms with van der Waals surface area (Å²) in [7, 11) is 1.47. The third-order valence-corrected chi connectivity index (χ3v) is 8.58. The number of rotatable bonds is 12. The number of hydrogen-bond acceptors (Lipinski definition) is 8. The highest BCUT2D eigenvalue weighted by molar-refractivity contribution is 6.09. The number of urea groups is 1. The predicted molar refractivity (Wildman–Crippen MR) is 170 cm³/mol. The van der Waals surface area contributed by atoms with Gasteiger partial charge < -0.3 is 19.1 Å². The van der Waals surface area contributed by atoms with Crippen LogP contribution in [-0.4, -0.2) is 64.4 Å². The Labute approximate surface area is 270 Å². The van der Waals surface area contributed by atoms with Gasteiger partial charge in [0.15, 0.2) is 5.41 Å². The SMILES string of the molecule is CN1C(=O)N(C[C@@](C(=O)OCc2ccccc2)(C(=O)OC(C)(C)C)[C@@H](CC2=CCCC2)C(=O)OCc2ccccc2)C(=O)C1(C)C. The fourth-order valence-electron chi connectivity index (χ4n) is 5.67. The zero-order valence-electron chi connectivity index (χ0n) is 27.5. The van der Waals surface area contributed by atoms with Crippen LogP contribution >= 0.6 is 0 Å². The molecule has 0 N–H and O–H groups in total. The Morgan fingerprint density at radius 2 is 1.43 bits per heavy atom. The highest BCUT2D eigenvalue weighted by Gasteiger charge is 2.63. The Balaban J connectivity index is 1.87. The summed E-state index contributed by atoms with van der Waals surface area (Å²) in [6, 6.07) is 17.2. The van der Waals surface area contributed by atoms with Gasteiger partial charge in [0.1, 0.15) is 24.4 Å². The molecule has 0 aromatic heterocycles. The van der Waals surface area contributed by atoms with Crippen molar-refractivity contribution in [2.75, 3.05) is 13.6 Å². The summed E-state index contributed by atoms with van der Waals surface area (Å²) >= 11 is 0. The van der Waals surface area contributed by atoms with Gasteiger partial charge in [-0.3, -0.25) is 24.1 Å². The van der Waals surface area contributed by atoms with Crippen LogP contribution in [0.1, 0.15) is 71.4 Å². The minimum atomic E-state index is -2.45. The summed E-state index contributed by atoms with van der Waals surface area (Å²) in [4.78, 5) is 72.8. The molecule has 1 heterocycles. The maximum atomic E-state index is 14.6. The molecular formula is C36H44N2O8. The number of allylic oxidation sites excluding steroid dienone is 2. The number of ether oxygens (including phenoxy) is 3. The number of amides is 3. The Morgan fingerprint density at radius 3 is 1.91 bits per heavy atom. The van der Waals surface area contributed by atoms with Crippen molar-refractivity contribution in [3.05, 3.63) is 83.4 Å². The molecule has 1 saturated heterocycles. The first kappa shape index (κ1) is 34.4. The van der Waals surface area contributed by atoms with Crippen molar-refractivity contribution < 1.29 is 38.2 Å². The quantitative estimate of drug-likeness (QED) is 0.0977. The molecule has 10 nitrogen and oxygen atoms in total.